The molecule has 20 heavy (non-hydrogen) atoms. The van der Waals surface area contributed by atoms with Crippen molar-refractivity contribution in [3.63, 3.8) is 0 Å². The average molecular weight is 340 g/mol. The Kier molecular flexibility index (Phi) is 5.05. The molecule has 5 heteroatoms. The zero-order valence-corrected chi connectivity index (χ0v) is 13.7. The Labute approximate surface area is 129 Å². The van der Waals surface area contributed by atoms with E-state index < -0.39 is 0 Å². The zero-order chi connectivity index (χ0) is 14.7. The number of hydrogen-bond acceptors (Lipinski definition) is 3. The lowest BCUT2D eigenvalue weighted by molar-refractivity contribution is 0.0779. The third-order valence-corrected chi connectivity index (χ3v) is 4.52. The number of nitrogen functional groups attached to an aromatic ring is 1. The first-order chi connectivity index (χ1) is 9.56. The topological polar surface area (TPSA) is 49.6 Å². The number of hydrogen-bond donors (Lipinski definition) is 1. The van der Waals surface area contributed by atoms with Gasteiger partial charge in [-0.1, -0.05) is 29.8 Å². The van der Waals surface area contributed by atoms with Crippen LogP contribution >= 0.6 is 15.9 Å². The number of nitrogens with zero attached hydrogens (tertiary/aromatic N) is 2. The lowest BCUT2D eigenvalue weighted by atomic mass is 10.1. The fourth-order valence-electron chi connectivity index (χ4n) is 2.86. The van der Waals surface area contributed by atoms with Crippen molar-refractivity contribution in [1.82, 2.24) is 9.80 Å². The fourth-order valence-corrected chi connectivity index (χ4v) is 3.24. The molecule has 110 valence electrons. The van der Waals surface area contributed by atoms with E-state index in [2.05, 4.69) is 34.7 Å². The van der Waals surface area contributed by atoms with Crippen LogP contribution in [0.25, 0.3) is 0 Å². The van der Waals surface area contributed by atoms with Crippen LogP contribution in [0.5, 0.6) is 0 Å². The van der Waals surface area contributed by atoms with Crippen LogP contribution in [0.4, 0.5) is 5.69 Å². The minimum Gasteiger partial charge on any atom is -0.398 e. The number of benzene rings is 1. The fraction of sp³-hybridized carbons (Fsp3) is 0.533. The van der Waals surface area contributed by atoms with Crippen LogP contribution in [0.2, 0.25) is 0 Å². The molecule has 0 aliphatic carbocycles. The van der Waals surface area contributed by atoms with E-state index in [1.54, 1.807) is 12.1 Å². The third-order valence-electron chi connectivity index (χ3n) is 4.02. The molecular formula is C15H22BrN3O. The highest BCUT2D eigenvalue weighted by molar-refractivity contribution is 9.10. The summed E-state index contributed by atoms with van der Waals surface area (Å²) in [5.74, 6) is 0.0460. The molecule has 0 saturated carbocycles. The molecule has 0 aromatic heterocycles. The van der Waals surface area contributed by atoms with Gasteiger partial charge >= 0.3 is 0 Å². The number of likely N-dealkylation sites (N-methyl/N-ethyl adjacent to an activating group) is 1. The highest BCUT2D eigenvalue weighted by atomic mass is 79.9. The van der Waals surface area contributed by atoms with E-state index in [1.165, 1.54) is 0 Å². The second-order valence-electron chi connectivity index (χ2n) is 5.15. The number of carbonyl (C=O) groups is 1. The molecule has 1 aliphatic rings. The summed E-state index contributed by atoms with van der Waals surface area (Å²) >= 11 is 3.36. The monoisotopic (exact) mass is 339 g/mol. The van der Waals surface area contributed by atoms with E-state index in [9.17, 15) is 4.79 Å². The molecule has 1 atom stereocenters. The van der Waals surface area contributed by atoms with E-state index >= 15 is 0 Å². The molecule has 1 aromatic rings. The van der Waals surface area contributed by atoms with Crippen LogP contribution in [0.15, 0.2) is 22.7 Å². The Morgan fingerprint density at radius 2 is 2.15 bits per heavy atom. The van der Waals surface area contributed by atoms with E-state index in [0.29, 0.717) is 17.3 Å². The van der Waals surface area contributed by atoms with Crippen LogP contribution in [-0.4, -0.2) is 47.9 Å². The largest absolute Gasteiger partial charge is 0.398 e. The molecule has 1 aromatic carbocycles. The molecule has 0 spiro atoms. The third kappa shape index (κ3) is 3.15. The summed E-state index contributed by atoms with van der Waals surface area (Å²) in [6, 6.07) is 5.92. The normalized spacial score (nSPS) is 18.8. The first-order valence-electron chi connectivity index (χ1n) is 7.15. The molecule has 2 rings (SSSR count). The minimum absolute atomic E-state index is 0.0460. The summed E-state index contributed by atoms with van der Waals surface area (Å²) in [7, 11) is 0. The lowest BCUT2D eigenvalue weighted by Gasteiger charge is -2.26. The molecule has 2 N–H and O–H groups in total. The molecule has 1 heterocycles. The van der Waals surface area contributed by atoms with Crippen molar-refractivity contribution in [2.24, 2.45) is 0 Å². The van der Waals surface area contributed by atoms with Gasteiger partial charge in [0, 0.05) is 29.3 Å². The summed E-state index contributed by atoms with van der Waals surface area (Å²) in [5, 5.41) is 0. The van der Waals surface area contributed by atoms with E-state index in [0.717, 1.165) is 37.1 Å². The Bertz CT molecular complexity index is 488. The van der Waals surface area contributed by atoms with Gasteiger partial charge in [0.1, 0.15) is 0 Å². The predicted molar refractivity (Wildman–Crippen MR) is 85.8 cm³/mol. The number of anilines is 1. The van der Waals surface area contributed by atoms with E-state index in [1.807, 2.05) is 11.0 Å². The van der Waals surface area contributed by atoms with E-state index in [-0.39, 0.29) is 5.91 Å². The average Bonchev–Trinajstić information content (AvgIpc) is 2.89. The van der Waals surface area contributed by atoms with Gasteiger partial charge in [0.2, 0.25) is 0 Å². The maximum absolute atomic E-state index is 12.5. The number of amides is 1. The van der Waals surface area contributed by atoms with Gasteiger partial charge in [-0.2, -0.15) is 0 Å². The Hall–Kier alpha value is -1.07. The van der Waals surface area contributed by atoms with Gasteiger partial charge in [0.05, 0.1) is 5.56 Å². The minimum atomic E-state index is 0.0460. The smallest absolute Gasteiger partial charge is 0.255 e. The predicted octanol–water partition coefficient (Wildman–Crippen LogP) is 2.59. The van der Waals surface area contributed by atoms with E-state index in [4.69, 9.17) is 5.73 Å². The lowest BCUT2D eigenvalue weighted by Crippen LogP contribution is -2.38. The van der Waals surface area contributed by atoms with Crippen LogP contribution in [0.3, 0.4) is 0 Å². The van der Waals surface area contributed by atoms with Crippen molar-refractivity contribution in [3.8, 4) is 0 Å². The Balaban J connectivity index is 2.08. The van der Waals surface area contributed by atoms with Gasteiger partial charge < -0.3 is 10.6 Å². The number of likely N-dealkylation sites (tertiary alicyclic amines) is 1. The van der Waals surface area contributed by atoms with Crippen LogP contribution in [0, 0.1) is 0 Å². The molecular weight excluding hydrogens is 318 g/mol. The van der Waals surface area contributed by atoms with Crippen LogP contribution < -0.4 is 5.73 Å². The summed E-state index contributed by atoms with van der Waals surface area (Å²) in [4.78, 5) is 16.9. The Morgan fingerprint density at radius 1 is 1.45 bits per heavy atom. The summed E-state index contributed by atoms with van der Waals surface area (Å²) < 4.78 is 0.897. The van der Waals surface area contributed by atoms with Crippen LogP contribution in [-0.2, 0) is 0 Å². The summed E-state index contributed by atoms with van der Waals surface area (Å²) in [5.41, 5.74) is 7.09. The highest BCUT2D eigenvalue weighted by Crippen LogP contribution is 2.23. The molecule has 0 radical (unpaired) electrons. The molecule has 1 amide bonds. The van der Waals surface area contributed by atoms with Gasteiger partial charge in [0.15, 0.2) is 0 Å². The maximum Gasteiger partial charge on any atom is 0.255 e. The number of halogens is 1. The standard InChI is InChI=1S/C15H22BrN3O/c1-3-18(4-2)12-7-8-19(10-12)15(20)13-6-5-11(16)9-14(13)17/h5-6,9,12H,3-4,7-8,10,17H2,1-2H3. The molecule has 1 fully saturated rings. The zero-order valence-electron chi connectivity index (χ0n) is 12.1. The number of rotatable bonds is 4. The molecule has 1 saturated heterocycles. The van der Waals surface area contributed by atoms with Crippen molar-refractivity contribution in [2.75, 3.05) is 31.9 Å². The second kappa shape index (κ2) is 6.59. The molecule has 1 aliphatic heterocycles. The van der Waals surface area contributed by atoms with Gasteiger partial charge in [-0.3, -0.25) is 9.69 Å². The molecule has 0 bridgehead atoms. The van der Waals surface area contributed by atoms with Crippen molar-refractivity contribution in [2.45, 2.75) is 26.3 Å². The summed E-state index contributed by atoms with van der Waals surface area (Å²) in [6.45, 7) is 8.01. The van der Waals surface area contributed by atoms with Gasteiger partial charge in [0.25, 0.3) is 5.91 Å². The van der Waals surface area contributed by atoms with Crippen molar-refractivity contribution in [1.29, 1.82) is 0 Å². The quantitative estimate of drug-likeness (QED) is 0.857. The molecule has 1 unspecified atom stereocenters. The number of nitrogens with two attached hydrogens (primary N) is 1. The maximum atomic E-state index is 12.5. The first-order valence-corrected chi connectivity index (χ1v) is 7.94. The van der Waals surface area contributed by atoms with Crippen molar-refractivity contribution >= 4 is 27.5 Å². The second-order valence-corrected chi connectivity index (χ2v) is 6.06. The van der Waals surface area contributed by atoms with Crippen molar-refractivity contribution in [3.05, 3.63) is 28.2 Å². The van der Waals surface area contributed by atoms with Gasteiger partial charge in [-0.25, -0.2) is 0 Å². The first kappa shape index (κ1) is 15.3. The van der Waals surface area contributed by atoms with Crippen molar-refractivity contribution < 1.29 is 4.79 Å². The van der Waals surface area contributed by atoms with Crippen LogP contribution in [0.1, 0.15) is 30.6 Å². The SMILES string of the molecule is CCN(CC)C1CCN(C(=O)c2ccc(Br)cc2N)C1. The van der Waals surface area contributed by atoms with Gasteiger partial charge in [-0.15, -0.1) is 0 Å². The summed E-state index contributed by atoms with van der Waals surface area (Å²) in [6.07, 6.45) is 1.05. The highest BCUT2D eigenvalue weighted by Gasteiger charge is 2.30. The molecule has 4 nitrogen and oxygen atoms in total. The number of carbonyl (C=O) groups excluding carboxylic acids is 1. The van der Waals surface area contributed by atoms with Gasteiger partial charge in [-0.05, 0) is 37.7 Å². The Morgan fingerprint density at radius 3 is 2.75 bits per heavy atom.